The Morgan fingerprint density at radius 1 is 1.07 bits per heavy atom. The number of alkyl halides is 1. The first-order valence-corrected chi connectivity index (χ1v) is 10.7. The number of nitrogens with one attached hydrogen (secondary N) is 3. The van der Waals surface area contributed by atoms with Crippen molar-refractivity contribution in [2.45, 2.75) is 52.1 Å². The molecule has 0 aliphatic rings. The van der Waals surface area contributed by atoms with Gasteiger partial charge in [-0.25, -0.2) is 4.79 Å². The number of carbonyl (C=O) groups excluding carboxylic acids is 3. The van der Waals surface area contributed by atoms with Crippen LogP contribution in [0.4, 0.5) is 4.79 Å². The second-order valence-electron chi connectivity index (χ2n) is 6.86. The van der Waals surface area contributed by atoms with Gasteiger partial charge in [-0.05, 0) is 31.2 Å². The third-order valence-corrected chi connectivity index (χ3v) is 4.51. The van der Waals surface area contributed by atoms with E-state index in [4.69, 9.17) is 11.6 Å². The molecule has 0 spiro atoms. The van der Waals surface area contributed by atoms with Crippen LogP contribution in [0.15, 0.2) is 30.3 Å². The average molecular weight is 425 g/mol. The third-order valence-electron chi connectivity index (χ3n) is 4.33. The zero-order valence-electron chi connectivity index (χ0n) is 17.4. The lowest BCUT2D eigenvalue weighted by atomic mass is 10.1. The predicted octanol–water partition coefficient (Wildman–Crippen LogP) is 2.64. The second-order valence-corrected chi connectivity index (χ2v) is 7.24. The van der Waals surface area contributed by atoms with Gasteiger partial charge in [0.2, 0.25) is 11.8 Å². The number of halogens is 1. The highest BCUT2D eigenvalue weighted by molar-refractivity contribution is 6.18. The van der Waals surface area contributed by atoms with Crippen LogP contribution in [0, 0.1) is 0 Å². The van der Waals surface area contributed by atoms with Gasteiger partial charge >= 0.3 is 6.03 Å². The summed E-state index contributed by atoms with van der Waals surface area (Å²) in [6.45, 7) is 5.54. The normalized spacial score (nSPS) is 11.4. The van der Waals surface area contributed by atoms with Crippen LogP contribution in [0.2, 0.25) is 0 Å². The molecule has 29 heavy (non-hydrogen) atoms. The zero-order chi connectivity index (χ0) is 21.5. The van der Waals surface area contributed by atoms with E-state index < -0.39 is 6.04 Å². The number of unbranched alkanes of at least 4 members (excludes halogenated alkanes) is 1. The minimum atomic E-state index is -0.582. The SMILES string of the molecule is CCCN(CCCCC(NC(C)=O)C(=O)NCc1ccccc1)C(=O)NCCCl. The summed E-state index contributed by atoms with van der Waals surface area (Å²) in [5.41, 5.74) is 1.00. The minimum absolute atomic E-state index is 0.119. The van der Waals surface area contributed by atoms with E-state index in [1.807, 2.05) is 37.3 Å². The van der Waals surface area contributed by atoms with Crippen molar-refractivity contribution in [3.63, 3.8) is 0 Å². The van der Waals surface area contributed by atoms with E-state index in [0.717, 1.165) is 18.4 Å². The van der Waals surface area contributed by atoms with Crippen LogP contribution >= 0.6 is 11.6 Å². The van der Waals surface area contributed by atoms with Crippen LogP contribution in [0.5, 0.6) is 0 Å². The van der Waals surface area contributed by atoms with Gasteiger partial charge in [0.25, 0.3) is 0 Å². The van der Waals surface area contributed by atoms with E-state index in [-0.39, 0.29) is 17.8 Å². The Kier molecular flexibility index (Phi) is 12.5. The molecule has 0 saturated heterocycles. The summed E-state index contributed by atoms with van der Waals surface area (Å²) in [6.07, 6.45) is 2.84. The third kappa shape index (κ3) is 10.7. The van der Waals surface area contributed by atoms with Gasteiger partial charge in [-0.2, -0.15) is 0 Å². The van der Waals surface area contributed by atoms with Gasteiger partial charge in [-0.1, -0.05) is 37.3 Å². The lowest BCUT2D eigenvalue weighted by molar-refractivity contribution is -0.128. The summed E-state index contributed by atoms with van der Waals surface area (Å²) in [4.78, 5) is 37.9. The van der Waals surface area contributed by atoms with E-state index in [2.05, 4.69) is 16.0 Å². The molecule has 1 rings (SSSR count). The van der Waals surface area contributed by atoms with E-state index >= 15 is 0 Å². The first-order valence-electron chi connectivity index (χ1n) is 10.1. The lowest BCUT2D eigenvalue weighted by Crippen LogP contribution is -2.46. The first kappa shape index (κ1) is 24.8. The maximum atomic E-state index is 12.5. The predicted molar refractivity (Wildman–Crippen MR) is 116 cm³/mol. The maximum absolute atomic E-state index is 12.5. The molecule has 0 fully saturated rings. The smallest absolute Gasteiger partial charge is 0.317 e. The summed E-state index contributed by atoms with van der Waals surface area (Å²) >= 11 is 5.62. The number of carbonyl (C=O) groups is 3. The highest BCUT2D eigenvalue weighted by Crippen LogP contribution is 2.06. The number of urea groups is 1. The van der Waals surface area contributed by atoms with Crippen molar-refractivity contribution in [2.24, 2.45) is 0 Å². The average Bonchev–Trinajstić information content (AvgIpc) is 2.72. The molecular formula is C21H33ClN4O3. The molecule has 0 bridgehead atoms. The summed E-state index contributed by atoms with van der Waals surface area (Å²) in [6, 6.07) is 8.92. The number of rotatable bonds is 13. The van der Waals surface area contributed by atoms with Crippen LogP contribution in [-0.2, 0) is 16.1 Å². The molecule has 8 heteroatoms. The molecular weight excluding hydrogens is 392 g/mol. The van der Waals surface area contributed by atoms with E-state index in [1.165, 1.54) is 6.92 Å². The number of hydrogen-bond donors (Lipinski definition) is 3. The monoisotopic (exact) mass is 424 g/mol. The van der Waals surface area contributed by atoms with Crippen LogP contribution in [-0.4, -0.2) is 54.3 Å². The molecule has 3 N–H and O–H groups in total. The summed E-state index contributed by atoms with van der Waals surface area (Å²) in [5.74, 6) is -0.0606. The van der Waals surface area contributed by atoms with Crippen molar-refractivity contribution in [1.29, 1.82) is 0 Å². The maximum Gasteiger partial charge on any atom is 0.317 e. The molecule has 1 aromatic rings. The van der Waals surface area contributed by atoms with Crippen molar-refractivity contribution in [1.82, 2.24) is 20.9 Å². The number of hydrogen-bond acceptors (Lipinski definition) is 3. The molecule has 162 valence electrons. The van der Waals surface area contributed by atoms with Crippen molar-refractivity contribution in [2.75, 3.05) is 25.5 Å². The quantitative estimate of drug-likeness (QED) is 0.336. The Hall–Kier alpha value is -2.28. The molecule has 0 heterocycles. The van der Waals surface area contributed by atoms with E-state index in [1.54, 1.807) is 4.90 Å². The molecule has 0 aliphatic carbocycles. The van der Waals surface area contributed by atoms with Crippen molar-refractivity contribution in [3.05, 3.63) is 35.9 Å². The highest BCUT2D eigenvalue weighted by Gasteiger charge is 2.19. The number of amides is 4. The standard InChI is InChI=1S/C21H33ClN4O3/c1-3-14-26(21(29)23-13-12-22)15-8-7-11-19(25-17(2)27)20(28)24-16-18-9-5-4-6-10-18/h4-6,9-10,19H,3,7-8,11-16H2,1-2H3,(H,23,29)(H,24,28)(H,25,27). The van der Waals surface area contributed by atoms with Gasteiger partial charge in [0.05, 0.1) is 0 Å². The molecule has 0 radical (unpaired) electrons. The Morgan fingerprint density at radius 2 is 1.79 bits per heavy atom. The molecule has 0 aliphatic heterocycles. The second kappa shape index (κ2) is 14.7. The van der Waals surface area contributed by atoms with Gasteiger partial charge in [0.1, 0.15) is 6.04 Å². The fourth-order valence-corrected chi connectivity index (χ4v) is 3.02. The Morgan fingerprint density at radius 3 is 2.41 bits per heavy atom. The number of benzene rings is 1. The van der Waals surface area contributed by atoms with Gasteiger partial charge in [0, 0.05) is 39.0 Å². The molecule has 0 saturated carbocycles. The minimum Gasteiger partial charge on any atom is -0.350 e. The van der Waals surface area contributed by atoms with Crippen LogP contribution in [0.1, 0.15) is 45.1 Å². The fraction of sp³-hybridized carbons (Fsp3) is 0.571. The summed E-state index contributed by atoms with van der Waals surface area (Å²) < 4.78 is 0. The number of nitrogens with zero attached hydrogens (tertiary/aromatic N) is 1. The van der Waals surface area contributed by atoms with E-state index in [9.17, 15) is 14.4 Å². The van der Waals surface area contributed by atoms with Crippen molar-refractivity contribution < 1.29 is 14.4 Å². The Bertz CT molecular complexity index is 628. The summed E-state index contributed by atoms with van der Waals surface area (Å²) in [7, 11) is 0. The van der Waals surface area contributed by atoms with Gasteiger partial charge in [0.15, 0.2) is 0 Å². The molecule has 4 amide bonds. The topological polar surface area (TPSA) is 90.5 Å². The van der Waals surface area contributed by atoms with Gasteiger partial charge in [-0.15, -0.1) is 11.6 Å². The Balaban J connectivity index is 2.47. The lowest BCUT2D eigenvalue weighted by Gasteiger charge is -2.23. The van der Waals surface area contributed by atoms with Gasteiger partial charge < -0.3 is 20.9 Å². The molecule has 7 nitrogen and oxygen atoms in total. The molecule has 0 aromatic heterocycles. The molecule has 1 aromatic carbocycles. The van der Waals surface area contributed by atoms with Crippen LogP contribution < -0.4 is 16.0 Å². The largest absolute Gasteiger partial charge is 0.350 e. The van der Waals surface area contributed by atoms with E-state index in [0.29, 0.717) is 44.9 Å². The van der Waals surface area contributed by atoms with Crippen LogP contribution in [0.25, 0.3) is 0 Å². The first-order chi connectivity index (χ1) is 14.0. The Labute approximate surface area is 178 Å². The van der Waals surface area contributed by atoms with Crippen LogP contribution in [0.3, 0.4) is 0 Å². The van der Waals surface area contributed by atoms with Gasteiger partial charge in [-0.3, -0.25) is 9.59 Å². The summed E-state index contributed by atoms with van der Waals surface area (Å²) in [5, 5.41) is 8.37. The molecule has 1 unspecified atom stereocenters. The van der Waals surface area contributed by atoms with Crippen molar-refractivity contribution in [3.8, 4) is 0 Å². The molecule has 1 atom stereocenters. The fourth-order valence-electron chi connectivity index (χ4n) is 2.92. The highest BCUT2D eigenvalue weighted by atomic mass is 35.5. The van der Waals surface area contributed by atoms with Crippen molar-refractivity contribution >= 4 is 29.4 Å². The zero-order valence-corrected chi connectivity index (χ0v) is 18.1.